The Labute approximate surface area is 114 Å². The molecule has 0 radical (unpaired) electrons. The van der Waals surface area contributed by atoms with Gasteiger partial charge >= 0.3 is 0 Å². The van der Waals surface area contributed by atoms with Gasteiger partial charge in [0.25, 0.3) is 0 Å². The SMILES string of the molecule is CC(C)N(C[C@@H]1C=C(N)NC1)c1ccc(Cl)cc1. The number of nitrogens with one attached hydrogen (secondary N) is 1. The molecule has 1 heterocycles. The molecule has 0 aromatic heterocycles. The molecule has 3 N–H and O–H groups in total. The van der Waals surface area contributed by atoms with Crippen LogP contribution in [0, 0.1) is 5.92 Å². The van der Waals surface area contributed by atoms with Gasteiger partial charge in [-0.25, -0.2) is 0 Å². The fourth-order valence-electron chi connectivity index (χ4n) is 2.24. The van der Waals surface area contributed by atoms with Crippen molar-refractivity contribution in [1.82, 2.24) is 5.32 Å². The van der Waals surface area contributed by atoms with Gasteiger partial charge in [0.05, 0.1) is 5.82 Å². The highest BCUT2D eigenvalue weighted by molar-refractivity contribution is 6.30. The van der Waals surface area contributed by atoms with E-state index in [0.717, 1.165) is 23.9 Å². The Hall–Kier alpha value is -1.35. The van der Waals surface area contributed by atoms with Gasteiger partial charge < -0.3 is 16.0 Å². The zero-order valence-corrected chi connectivity index (χ0v) is 11.6. The summed E-state index contributed by atoms with van der Waals surface area (Å²) in [7, 11) is 0. The molecule has 0 unspecified atom stereocenters. The van der Waals surface area contributed by atoms with E-state index in [1.807, 2.05) is 12.1 Å². The first-order chi connectivity index (χ1) is 8.56. The van der Waals surface area contributed by atoms with Gasteiger partial charge in [0.1, 0.15) is 0 Å². The number of nitrogens with two attached hydrogens (primary N) is 1. The van der Waals surface area contributed by atoms with Crippen LogP contribution < -0.4 is 16.0 Å². The van der Waals surface area contributed by atoms with Crippen LogP contribution in [0.5, 0.6) is 0 Å². The van der Waals surface area contributed by atoms with Crippen molar-refractivity contribution in [2.45, 2.75) is 19.9 Å². The number of hydrogen-bond acceptors (Lipinski definition) is 3. The van der Waals surface area contributed by atoms with Gasteiger partial charge in [0.15, 0.2) is 0 Å². The molecule has 0 aliphatic carbocycles. The van der Waals surface area contributed by atoms with Gasteiger partial charge in [-0.2, -0.15) is 0 Å². The van der Waals surface area contributed by atoms with Crippen molar-refractivity contribution in [3.05, 3.63) is 41.2 Å². The molecule has 1 aliphatic rings. The van der Waals surface area contributed by atoms with Crippen molar-refractivity contribution in [1.29, 1.82) is 0 Å². The first-order valence-electron chi connectivity index (χ1n) is 6.29. The largest absolute Gasteiger partial charge is 0.386 e. The standard InChI is InChI=1S/C14H20ClN3/c1-10(2)18(9-11-7-14(16)17-8-11)13-5-3-12(15)4-6-13/h3-7,10-11,17H,8-9,16H2,1-2H3/t11-/m1/s1. The predicted octanol–water partition coefficient (Wildman–Crippen LogP) is 2.57. The van der Waals surface area contributed by atoms with E-state index in [0.29, 0.717) is 12.0 Å². The van der Waals surface area contributed by atoms with Crippen LogP contribution in [-0.2, 0) is 0 Å². The predicted molar refractivity (Wildman–Crippen MR) is 77.7 cm³/mol. The molecule has 0 bridgehead atoms. The van der Waals surface area contributed by atoms with Crippen LogP contribution in [-0.4, -0.2) is 19.1 Å². The van der Waals surface area contributed by atoms with E-state index in [1.54, 1.807) is 0 Å². The van der Waals surface area contributed by atoms with Crippen LogP contribution >= 0.6 is 11.6 Å². The van der Waals surface area contributed by atoms with Crippen molar-refractivity contribution in [3.63, 3.8) is 0 Å². The molecule has 3 nitrogen and oxygen atoms in total. The highest BCUT2D eigenvalue weighted by atomic mass is 35.5. The van der Waals surface area contributed by atoms with Gasteiger partial charge in [-0.05, 0) is 44.2 Å². The molecule has 1 aliphatic heterocycles. The van der Waals surface area contributed by atoms with Crippen LogP contribution in [0.3, 0.4) is 0 Å². The van der Waals surface area contributed by atoms with Crippen LogP contribution in [0.25, 0.3) is 0 Å². The fourth-order valence-corrected chi connectivity index (χ4v) is 2.36. The van der Waals surface area contributed by atoms with Gasteiger partial charge in [-0.3, -0.25) is 0 Å². The second-order valence-corrected chi connectivity index (χ2v) is 5.42. The van der Waals surface area contributed by atoms with Crippen molar-refractivity contribution in [2.24, 2.45) is 11.7 Å². The number of anilines is 1. The molecule has 1 atom stereocenters. The Balaban J connectivity index is 2.11. The summed E-state index contributed by atoms with van der Waals surface area (Å²) in [6, 6.07) is 8.45. The zero-order chi connectivity index (χ0) is 13.1. The third-order valence-corrected chi connectivity index (χ3v) is 3.45. The number of nitrogens with zero attached hydrogens (tertiary/aromatic N) is 1. The summed E-state index contributed by atoms with van der Waals surface area (Å²) in [5.41, 5.74) is 6.95. The van der Waals surface area contributed by atoms with Crippen LogP contribution in [0.15, 0.2) is 36.2 Å². The fraction of sp³-hybridized carbons (Fsp3) is 0.429. The number of benzene rings is 1. The monoisotopic (exact) mass is 265 g/mol. The van der Waals surface area contributed by atoms with E-state index in [4.69, 9.17) is 17.3 Å². The van der Waals surface area contributed by atoms with Crippen molar-refractivity contribution >= 4 is 17.3 Å². The van der Waals surface area contributed by atoms with Crippen molar-refractivity contribution in [3.8, 4) is 0 Å². The minimum absolute atomic E-state index is 0.446. The first-order valence-corrected chi connectivity index (χ1v) is 6.67. The van der Waals surface area contributed by atoms with Gasteiger partial charge in [0.2, 0.25) is 0 Å². The second kappa shape index (κ2) is 5.53. The third kappa shape index (κ3) is 3.10. The second-order valence-electron chi connectivity index (χ2n) is 4.99. The molecule has 0 fully saturated rings. The van der Waals surface area contributed by atoms with E-state index in [2.05, 4.69) is 42.3 Å². The minimum Gasteiger partial charge on any atom is -0.386 e. The molecule has 18 heavy (non-hydrogen) atoms. The third-order valence-electron chi connectivity index (χ3n) is 3.20. The molecule has 0 amide bonds. The van der Waals surface area contributed by atoms with Gasteiger partial charge in [-0.1, -0.05) is 11.6 Å². The van der Waals surface area contributed by atoms with Crippen molar-refractivity contribution in [2.75, 3.05) is 18.0 Å². The molecule has 4 heteroatoms. The molecule has 1 aromatic rings. The topological polar surface area (TPSA) is 41.3 Å². The van der Waals surface area contributed by atoms with Gasteiger partial charge in [0, 0.05) is 35.8 Å². The van der Waals surface area contributed by atoms with Gasteiger partial charge in [-0.15, -0.1) is 0 Å². The average Bonchev–Trinajstić information content (AvgIpc) is 2.73. The lowest BCUT2D eigenvalue weighted by Crippen LogP contribution is -2.36. The molecule has 98 valence electrons. The summed E-state index contributed by atoms with van der Waals surface area (Å²) in [6.07, 6.45) is 2.10. The Morgan fingerprint density at radius 2 is 2.06 bits per heavy atom. The molecular weight excluding hydrogens is 246 g/mol. The maximum absolute atomic E-state index is 5.93. The van der Waals surface area contributed by atoms with Crippen LogP contribution in [0.1, 0.15) is 13.8 Å². The lowest BCUT2D eigenvalue weighted by Gasteiger charge is -2.31. The molecule has 0 spiro atoms. The summed E-state index contributed by atoms with van der Waals surface area (Å²) in [6.45, 7) is 6.28. The van der Waals surface area contributed by atoms with Crippen LogP contribution in [0.4, 0.5) is 5.69 Å². The van der Waals surface area contributed by atoms with Crippen LogP contribution in [0.2, 0.25) is 5.02 Å². The smallest absolute Gasteiger partial charge is 0.0923 e. The van der Waals surface area contributed by atoms with E-state index in [-0.39, 0.29) is 0 Å². The lowest BCUT2D eigenvalue weighted by molar-refractivity contribution is 0.579. The van der Waals surface area contributed by atoms with E-state index in [9.17, 15) is 0 Å². The maximum Gasteiger partial charge on any atom is 0.0923 e. The number of rotatable bonds is 4. The molecular formula is C14H20ClN3. The number of halogens is 1. The molecule has 0 saturated carbocycles. The number of hydrogen-bond donors (Lipinski definition) is 2. The minimum atomic E-state index is 0.446. The Morgan fingerprint density at radius 1 is 1.39 bits per heavy atom. The first kappa shape index (κ1) is 13.1. The lowest BCUT2D eigenvalue weighted by atomic mass is 10.1. The Kier molecular flexibility index (Phi) is 4.02. The summed E-state index contributed by atoms with van der Waals surface area (Å²) in [4.78, 5) is 2.37. The Bertz CT molecular complexity index is 425. The summed E-state index contributed by atoms with van der Waals surface area (Å²) >= 11 is 5.93. The average molecular weight is 266 g/mol. The summed E-state index contributed by atoms with van der Waals surface area (Å²) in [5.74, 6) is 1.25. The van der Waals surface area contributed by atoms with Crippen molar-refractivity contribution < 1.29 is 0 Å². The zero-order valence-electron chi connectivity index (χ0n) is 10.9. The highest BCUT2D eigenvalue weighted by Crippen LogP contribution is 2.22. The highest BCUT2D eigenvalue weighted by Gasteiger charge is 2.19. The van der Waals surface area contributed by atoms with E-state index < -0.39 is 0 Å². The summed E-state index contributed by atoms with van der Waals surface area (Å²) in [5, 5.41) is 3.94. The van der Waals surface area contributed by atoms with E-state index in [1.165, 1.54) is 5.69 Å². The summed E-state index contributed by atoms with van der Waals surface area (Å²) < 4.78 is 0. The Morgan fingerprint density at radius 3 is 2.56 bits per heavy atom. The maximum atomic E-state index is 5.93. The normalized spacial score (nSPS) is 18.7. The molecule has 2 rings (SSSR count). The molecule has 0 saturated heterocycles. The quantitative estimate of drug-likeness (QED) is 0.879. The van der Waals surface area contributed by atoms with E-state index >= 15 is 0 Å². The molecule has 1 aromatic carbocycles.